The second-order valence-electron chi connectivity index (χ2n) is 0.826. The van der Waals surface area contributed by atoms with E-state index in [9.17, 15) is 0 Å². The number of hydrogen-bond acceptors (Lipinski definition) is 4. The quantitative estimate of drug-likeness (QED) is 0.243. The predicted octanol–water partition coefficient (Wildman–Crippen LogP) is 3.42. The van der Waals surface area contributed by atoms with E-state index >= 15 is 0 Å². The maximum atomic E-state index is 4.91. The minimum atomic E-state index is 0.698. The van der Waals surface area contributed by atoms with Crippen molar-refractivity contribution in [1.29, 1.82) is 0 Å². The molecule has 0 atom stereocenters. The Hall–Kier alpha value is 1.63. The molecule has 0 saturated carbocycles. The Kier molecular flexibility index (Phi) is 8.12. The van der Waals surface area contributed by atoms with E-state index in [0.717, 1.165) is 0 Å². The van der Waals surface area contributed by atoms with Crippen molar-refractivity contribution in [1.82, 2.24) is 0 Å². The first-order valence-electron chi connectivity index (χ1n) is 1.59. The van der Waals surface area contributed by atoms with E-state index in [1.807, 2.05) is 28.1 Å². The molecule has 0 heterocycles. The molecule has 0 amide bonds. The fourth-order valence-electron chi connectivity index (χ4n) is 0.109. The van der Waals surface area contributed by atoms with Gasteiger partial charge in [0.2, 0.25) is 5.90 Å². The van der Waals surface area contributed by atoms with Crippen molar-refractivity contribution in [3.8, 4) is 0 Å². The normalized spacial score (nSPS) is 11.6. The Balaban J connectivity index is 3.29. The van der Waals surface area contributed by atoms with Crippen molar-refractivity contribution in [3.63, 3.8) is 0 Å². The zero-order chi connectivity index (χ0) is 6.41. The summed E-state index contributed by atoms with van der Waals surface area (Å²) in [6.45, 7) is 1.82. The molecule has 0 N–H and O–H groups in total. The monoisotopic (exact) mass is 375 g/mol. The van der Waals surface area contributed by atoms with Crippen molar-refractivity contribution in [3.05, 3.63) is 0 Å². The largest absolute Gasteiger partial charge is 0.399 e. The third kappa shape index (κ3) is 5.76. The van der Waals surface area contributed by atoms with E-state index in [-0.39, 0.29) is 0 Å². The van der Waals surface area contributed by atoms with Crippen LogP contribution in [0.25, 0.3) is 0 Å². The highest BCUT2D eigenvalue weighted by Crippen LogP contribution is 2.17. The van der Waals surface area contributed by atoms with Crippen LogP contribution >= 0.6 is 60.7 Å². The number of halogens is 2. The van der Waals surface area contributed by atoms with Gasteiger partial charge in [0.1, 0.15) is 9.21 Å². The Morgan fingerprint density at radius 1 is 1.62 bits per heavy atom. The lowest BCUT2D eigenvalue weighted by molar-refractivity contribution is 0.654. The van der Waals surface area contributed by atoms with Crippen LogP contribution in [-0.2, 0) is 4.18 Å². The van der Waals surface area contributed by atoms with Crippen molar-refractivity contribution in [2.45, 2.75) is 6.92 Å². The van der Waals surface area contributed by atoms with Gasteiger partial charge in [0.15, 0.2) is 0 Å². The summed E-state index contributed by atoms with van der Waals surface area (Å²) in [5.74, 6) is 0.698. The highest BCUT2D eigenvalue weighted by Gasteiger charge is 1.86. The smallest absolute Gasteiger partial charge is 0.209 e. The summed E-state index contributed by atoms with van der Waals surface area (Å²) in [7, 11) is 2.64. The van der Waals surface area contributed by atoms with E-state index in [4.69, 9.17) is 4.18 Å². The highest BCUT2D eigenvalue weighted by molar-refractivity contribution is 14.2. The van der Waals surface area contributed by atoms with Gasteiger partial charge in [-0.25, -0.2) is 0 Å². The molecule has 0 fully saturated rings. The van der Waals surface area contributed by atoms with Crippen molar-refractivity contribution in [2.24, 2.45) is 4.40 Å². The minimum absolute atomic E-state index is 0.698. The topological polar surface area (TPSA) is 21.6 Å². The molecule has 0 aromatic rings. The maximum absolute atomic E-state index is 4.91. The molecular weight excluding hydrogens is 372 g/mol. The van der Waals surface area contributed by atoms with Gasteiger partial charge >= 0.3 is 0 Å². The average molecular weight is 375 g/mol. The third-order valence-electron chi connectivity index (χ3n) is 0.315. The molecule has 0 aromatic carbocycles. The molecule has 6 heteroatoms. The van der Waals surface area contributed by atoms with Gasteiger partial charge in [-0.15, -0.1) is 0 Å². The summed E-state index contributed by atoms with van der Waals surface area (Å²) in [6.07, 6.45) is 0. The van der Waals surface area contributed by atoms with Crippen molar-refractivity contribution >= 4 is 66.6 Å². The first kappa shape index (κ1) is 9.63. The SMILES string of the molecule is CC(=NSI)OSI. The number of hydrogen-bond donors (Lipinski definition) is 0. The van der Waals surface area contributed by atoms with Crippen LogP contribution in [0.3, 0.4) is 0 Å². The molecule has 0 bridgehead atoms. The molecule has 0 aromatic heterocycles. The van der Waals surface area contributed by atoms with Gasteiger partial charge in [-0.3, -0.25) is 0 Å². The van der Waals surface area contributed by atoms with Gasteiger partial charge in [-0.1, -0.05) is 0 Å². The molecule has 8 heavy (non-hydrogen) atoms. The molecule has 0 aliphatic heterocycles. The van der Waals surface area contributed by atoms with Gasteiger partial charge in [0, 0.05) is 49.3 Å². The molecule has 48 valence electrons. The second-order valence-corrected chi connectivity index (χ2v) is 3.70. The standard InChI is InChI=1S/C2H3I2NOS2/c1-2(5-7-3)6-8-4/h1H3. The van der Waals surface area contributed by atoms with Crippen LogP contribution in [0.5, 0.6) is 0 Å². The van der Waals surface area contributed by atoms with Gasteiger partial charge in [-0.05, 0) is 0 Å². The van der Waals surface area contributed by atoms with E-state index < -0.39 is 0 Å². The molecule has 2 nitrogen and oxygen atoms in total. The maximum Gasteiger partial charge on any atom is 0.209 e. The van der Waals surface area contributed by atoms with Crippen LogP contribution in [0.1, 0.15) is 6.92 Å². The van der Waals surface area contributed by atoms with Crippen LogP contribution in [0.15, 0.2) is 4.40 Å². The van der Waals surface area contributed by atoms with E-state index in [2.05, 4.69) is 25.6 Å². The lowest BCUT2D eigenvalue weighted by atomic mass is 10.8. The molecule has 0 aliphatic carbocycles. The van der Waals surface area contributed by atoms with Crippen LogP contribution in [-0.4, -0.2) is 5.90 Å². The van der Waals surface area contributed by atoms with Crippen LogP contribution in [0.2, 0.25) is 0 Å². The van der Waals surface area contributed by atoms with Crippen molar-refractivity contribution in [2.75, 3.05) is 0 Å². The number of nitrogens with zero attached hydrogens (tertiary/aromatic N) is 1. The van der Waals surface area contributed by atoms with E-state index in [1.165, 1.54) is 18.3 Å². The van der Waals surface area contributed by atoms with Crippen molar-refractivity contribution < 1.29 is 4.18 Å². The minimum Gasteiger partial charge on any atom is -0.399 e. The van der Waals surface area contributed by atoms with Crippen LogP contribution in [0.4, 0.5) is 0 Å². The first-order chi connectivity index (χ1) is 3.81. The lowest BCUT2D eigenvalue weighted by Crippen LogP contribution is -1.85. The number of rotatable bonds is 2. The molecule has 0 aliphatic rings. The zero-order valence-corrected chi connectivity index (χ0v) is 9.88. The zero-order valence-electron chi connectivity index (χ0n) is 3.93. The molecular formula is C2H3I2NOS2. The van der Waals surface area contributed by atoms with Crippen LogP contribution < -0.4 is 0 Å². The predicted molar refractivity (Wildman–Crippen MR) is 57.4 cm³/mol. The first-order valence-corrected chi connectivity index (χ1v) is 8.19. The molecule has 0 saturated heterocycles. The highest BCUT2D eigenvalue weighted by atomic mass is 127. The van der Waals surface area contributed by atoms with Gasteiger partial charge in [-0.2, -0.15) is 4.40 Å². The summed E-state index contributed by atoms with van der Waals surface area (Å²) < 4.78 is 8.80. The lowest BCUT2D eigenvalue weighted by Gasteiger charge is -1.92. The molecule has 0 rings (SSSR count). The molecule has 0 unspecified atom stereocenters. The van der Waals surface area contributed by atoms with Crippen LogP contribution in [0, 0.1) is 0 Å². The van der Waals surface area contributed by atoms with Gasteiger partial charge in [0.05, 0.1) is 9.12 Å². The van der Waals surface area contributed by atoms with Gasteiger partial charge in [0.25, 0.3) is 0 Å². The fourth-order valence-corrected chi connectivity index (χ4v) is 2.03. The summed E-state index contributed by atoms with van der Waals surface area (Å²) in [5, 5.41) is 0. The molecule has 0 spiro atoms. The Morgan fingerprint density at radius 3 is 2.62 bits per heavy atom. The Bertz CT molecular complexity index is 88.1. The van der Waals surface area contributed by atoms with E-state index in [0.29, 0.717) is 5.90 Å². The second kappa shape index (κ2) is 6.75. The van der Waals surface area contributed by atoms with Gasteiger partial charge < -0.3 is 4.18 Å². The molecule has 0 radical (unpaired) electrons. The summed E-state index contributed by atoms with van der Waals surface area (Å²) in [4.78, 5) is 0. The summed E-state index contributed by atoms with van der Waals surface area (Å²) in [6, 6.07) is 0. The van der Waals surface area contributed by atoms with E-state index in [1.54, 1.807) is 0 Å². The Labute approximate surface area is 81.1 Å². The Morgan fingerprint density at radius 2 is 2.25 bits per heavy atom. The summed E-state index contributed by atoms with van der Waals surface area (Å²) >= 11 is 4.12. The fraction of sp³-hybridized carbons (Fsp3) is 0.500. The third-order valence-corrected chi connectivity index (χ3v) is 2.08. The average Bonchev–Trinajstić information content (AvgIpc) is 1.68. The summed E-state index contributed by atoms with van der Waals surface area (Å²) in [5.41, 5.74) is 0.